The highest BCUT2D eigenvalue weighted by Crippen LogP contribution is 2.75. The van der Waals surface area contributed by atoms with E-state index in [1.807, 2.05) is 0 Å². The fourth-order valence-corrected chi connectivity index (χ4v) is 10.3. The third-order valence-electron chi connectivity index (χ3n) is 8.97. The molecule has 0 N–H and O–H groups in total. The average Bonchev–Trinajstić information content (AvgIpc) is 3.23. The number of ether oxygens (including phenoxy) is 2. The lowest BCUT2D eigenvalue weighted by atomic mass is 9.78. The number of benzene rings is 2. The molecule has 240 valence electrons. The molecule has 0 aromatic heterocycles. The minimum absolute atomic E-state index is 0.130. The summed E-state index contributed by atoms with van der Waals surface area (Å²) in [7, 11) is 0.482. The van der Waals surface area contributed by atoms with Gasteiger partial charge in [0.05, 0.1) is 19.9 Å². The molecule has 4 nitrogen and oxygen atoms in total. The van der Waals surface area contributed by atoms with Crippen LogP contribution in [-0.4, -0.2) is 32.0 Å². The van der Waals surface area contributed by atoms with E-state index in [2.05, 4.69) is 132 Å². The molecule has 0 fully saturated rings. The Balaban J connectivity index is 2.41. The van der Waals surface area contributed by atoms with Crippen molar-refractivity contribution in [2.24, 2.45) is 0 Å². The van der Waals surface area contributed by atoms with Crippen LogP contribution < -0.4 is 9.47 Å². The van der Waals surface area contributed by atoms with E-state index in [1.54, 1.807) is 14.2 Å². The topological polar surface area (TPSA) is 38.8 Å². The first kappa shape index (κ1) is 35.4. The van der Waals surface area contributed by atoms with Gasteiger partial charge in [-0.15, -0.1) is 0 Å². The van der Waals surface area contributed by atoms with Gasteiger partial charge in [-0.05, 0) is 51.3 Å². The molecule has 0 unspecified atom stereocenters. The Bertz CT molecular complexity index is 1330. The van der Waals surface area contributed by atoms with Crippen molar-refractivity contribution >= 4 is 12.6 Å². The highest BCUT2D eigenvalue weighted by atomic mass is 31.2. The Hall–Kier alpha value is -2.03. The fraction of sp³-hybridized carbons (Fsp3) is 0.632. The summed E-state index contributed by atoms with van der Waals surface area (Å²) in [4.78, 5) is 0. The van der Waals surface area contributed by atoms with Crippen molar-refractivity contribution in [3.63, 3.8) is 0 Å². The molecule has 1 aliphatic rings. The Morgan fingerprint density at radius 1 is 0.674 bits per heavy atom. The number of hydrogen-bond donors (Lipinski definition) is 0. The number of rotatable bonds is 7. The van der Waals surface area contributed by atoms with Gasteiger partial charge in [0.15, 0.2) is 7.29 Å². The van der Waals surface area contributed by atoms with E-state index in [0.29, 0.717) is 0 Å². The molecule has 5 heteroatoms. The molecule has 0 saturated heterocycles. The molecule has 0 saturated carbocycles. The van der Waals surface area contributed by atoms with Crippen molar-refractivity contribution < 1.29 is 14.0 Å². The molecule has 0 aliphatic carbocycles. The first-order valence-electron chi connectivity index (χ1n) is 16.1. The van der Waals surface area contributed by atoms with Crippen molar-refractivity contribution in [1.29, 1.82) is 0 Å². The van der Waals surface area contributed by atoms with Gasteiger partial charge in [0.1, 0.15) is 11.5 Å². The lowest BCUT2D eigenvalue weighted by Crippen LogP contribution is -2.24. The van der Waals surface area contributed by atoms with E-state index < -0.39 is 7.29 Å². The van der Waals surface area contributed by atoms with Crippen LogP contribution in [0.4, 0.5) is 0 Å². The maximum Gasteiger partial charge on any atom is 0.186 e. The molecule has 0 amide bonds. The molecule has 0 spiro atoms. The van der Waals surface area contributed by atoms with E-state index in [0.717, 1.165) is 58.6 Å². The van der Waals surface area contributed by atoms with Gasteiger partial charge < -0.3 is 14.0 Å². The average molecular weight is 610 g/mol. The first-order valence-corrected chi connectivity index (χ1v) is 17.8. The molecule has 0 radical (unpaired) electrons. The Morgan fingerprint density at radius 3 is 1.33 bits per heavy atom. The van der Waals surface area contributed by atoms with Crippen molar-refractivity contribution in [2.75, 3.05) is 27.3 Å². The largest absolute Gasteiger partial charge is 0.496 e. The van der Waals surface area contributed by atoms with Gasteiger partial charge in [-0.1, -0.05) is 115 Å². The van der Waals surface area contributed by atoms with Crippen molar-refractivity contribution in [2.45, 2.75) is 131 Å². The van der Waals surface area contributed by atoms with Gasteiger partial charge in [-0.2, -0.15) is 0 Å². The van der Waals surface area contributed by atoms with E-state index in [4.69, 9.17) is 9.47 Å². The molecule has 0 bridgehead atoms. The summed E-state index contributed by atoms with van der Waals surface area (Å²) in [5.74, 6) is 1.89. The highest BCUT2D eigenvalue weighted by Gasteiger charge is 2.47. The van der Waals surface area contributed by atoms with E-state index in [1.165, 1.54) is 11.1 Å². The highest BCUT2D eigenvalue weighted by molar-refractivity contribution is 7.72. The van der Waals surface area contributed by atoms with Crippen LogP contribution in [0.15, 0.2) is 30.3 Å². The summed E-state index contributed by atoms with van der Waals surface area (Å²) in [5, 5.41) is 0.991. The predicted octanol–water partition coefficient (Wildman–Crippen LogP) is 11.0. The van der Waals surface area contributed by atoms with Gasteiger partial charge in [0, 0.05) is 40.7 Å². The minimum Gasteiger partial charge on any atom is -0.496 e. The van der Waals surface area contributed by atoms with Gasteiger partial charge in [-0.25, -0.2) is 4.67 Å². The number of hydrogen-bond acceptors (Lipinski definition) is 3. The second-order valence-electron chi connectivity index (χ2n) is 16.4. The van der Waals surface area contributed by atoms with E-state index in [9.17, 15) is 0 Å². The van der Waals surface area contributed by atoms with Crippen molar-refractivity contribution in [3.05, 3.63) is 63.7 Å². The van der Waals surface area contributed by atoms with Gasteiger partial charge in [0.25, 0.3) is 0 Å². The van der Waals surface area contributed by atoms with E-state index >= 15 is 4.57 Å². The quantitative estimate of drug-likeness (QED) is 0.293. The molecule has 1 aliphatic heterocycles. The van der Waals surface area contributed by atoms with Gasteiger partial charge in [-0.3, -0.25) is 0 Å². The lowest BCUT2D eigenvalue weighted by molar-refractivity contribution is 0.381. The molecule has 43 heavy (non-hydrogen) atoms. The number of allylic oxidation sites excluding steroid dienone is 1. The zero-order chi connectivity index (χ0) is 32.9. The molecular formula is C38H60NO3P. The van der Waals surface area contributed by atoms with E-state index in [-0.39, 0.29) is 27.3 Å². The summed E-state index contributed by atoms with van der Waals surface area (Å²) in [5.41, 5.74) is 6.20. The monoisotopic (exact) mass is 609 g/mol. The zero-order valence-corrected chi connectivity index (χ0v) is 31.1. The second kappa shape index (κ2) is 12.1. The second-order valence-corrected chi connectivity index (χ2v) is 19.3. The SMILES string of the molecule is CCN(CC)[P@]1(=O)C(c2cc(C(C)(C)C)c(OC)c(C(C)(C)C)c2)=CC[C@@H]1c1cc(C(C)(C)C)c(OC)c(C(C)(C)C)c1. The van der Waals surface area contributed by atoms with Crippen LogP contribution in [0.25, 0.3) is 5.31 Å². The molecule has 2 atom stereocenters. The summed E-state index contributed by atoms with van der Waals surface area (Å²) < 4.78 is 30.4. The standard InChI is InChI=1S/C38H60NO3P/c1-17-39(18-2)43(40)31(25-21-27(35(3,4)5)33(41-15)28(22-25)36(6,7)8)19-20-32(43)26-23-29(37(9,10)11)34(42-16)30(24-26)38(12,13)14/h19,21-24,32H,17-18,20H2,1-16H3/t32-,43+/m1/s1. The normalized spacial score (nSPS) is 20.0. The van der Waals surface area contributed by atoms with Crippen LogP contribution in [0.3, 0.4) is 0 Å². The third-order valence-corrected chi connectivity index (χ3v) is 12.9. The van der Waals surface area contributed by atoms with Gasteiger partial charge in [0.2, 0.25) is 0 Å². The maximum atomic E-state index is 16.0. The molecular weight excluding hydrogens is 549 g/mol. The first-order chi connectivity index (χ1) is 19.6. The summed E-state index contributed by atoms with van der Waals surface area (Å²) in [6.07, 6.45) is 3.02. The zero-order valence-electron chi connectivity index (χ0n) is 30.2. The smallest absolute Gasteiger partial charge is 0.186 e. The van der Waals surface area contributed by atoms with Crippen LogP contribution in [0.5, 0.6) is 11.5 Å². The summed E-state index contributed by atoms with van der Waals surface area (Å²) >= 11 is 0. The fourth-order valence-electron chi connectivity index (χ4n) is 6.59. The Kier molecular flexibility index (Phi) is 9.94. The van der Waals surface area contributed by atoms with Crippen molar-refractivity contribution in [1.82, 2.24) is 4.67 Å². The lowest BCUT2D eigenvalue weighted by Gasteiger charge is -2.37. The third kappa shape index (κ3) is 6.67. The van der Waals surface area contributed by atoms with Gasteiger partial charge >= 0.3 is 0 Å². The molecule has 1 heterocycles. The molecule has 2 aromatic rings. The van der Waals surface area contributed by atoms with Crippen LogP contribution >= 0.6 is 7.29 Å². The van der Waals surface area contributed by atoms with Crippen LogP contribution in [-0.2, 0) is 26.2 Å². The molecule has 3 rings (SSSR count). The Labute approximate surface area is 264 Å². The maximum absolute atomic E-state index is 16.0. The minimum atomic E-state index is -3.07. The number of nitrogens with zero attached hydrogens (tertiary/aromatic N) is 1. The summed E-state index contributed by atoms with van der Waals surface area (Å²) in [6.45, 7) is 32.6. The predicted molar refractivity (Wildman–Crippen MR) is 187 cm³/mol. The van der Waals surface area contributed by atoms with Crippen LogP contribution in [0, 0.1) is 0 Å². The van der Waals surface area contributed by atoms with Crippen LogP contribution in [0.1, 0.15) is 142 Å². The number of methoxy groups -OCH3 is 2. The molecule has 2 aromatic carbocycles. The summed E-state index contributed by atoms with van der Waals surface area (Å²) in [6, 6.07) is 9.10. The van der Waals surface area contributed by atoms with Crippen LogP contribution in [0.2, 0.25) is 0 Å². The van der Waals surface area contributed by atoms with Crippen molar-refractivity contribution in [3.8, 4) is 11.5 Å². The Morgan fingerprint density at radius 2 is 1.02 bits per heavy atom.